The van der Waals surface area contributed by atoms with Gasteiger partial charge in [0.25, 0.3) is 0 Å². The first kappa shape index (κ1) is 9.34. The number of amides is 2. The number of nitrogens with one attached hydrogen (secondary N) is 1. The molecule has 1 heterocycles. The molecule has 3 nitrogen and oxygen atoms in total. The van der Waals surface area contributed by atoms with Crippen LogP contribution in [0.1, 0.15) is 5.56 Å². The molecular formula is C10H11ClN2O. The van der Waals surface area contributed by atoms with Crippen molar-refractivity contribution >= 4 is 23.3 Å². The van der Waals surface area contributed by atoms with E-state index in [0.717, 1.165) is 11.3 Å². The predicted molar refractivity (Wildman–Crippen MR) is 56.9 cm³/mol. The van der Waals surface area contributed by atoms with Crippen LogP contribution >= 0.6 is 11.6 Å². The van der Waals surface area contributed by atoms with Gasteiger partial charge in [0.15, 0.2) is 0 Å². The molecule has 0 atom stereocenters. The maximum absolute atomic E-state index is 11.4. The fourth-order valence-corrected chi connectivity index (χ4v) is 1.76. The highest BCUT2D eigenvalue weighted by Crippen LogP contribution is 2.27. The normalized spacial score (nSPS) is 15.9. The molecule has 0 bridgehead atoms. The molecule has 4 heteroatoms. The van der Waals surface area contributed by atoms with E-state index in [9.17, 15) is 4.79 Å². The topological polar surface area (TPSA) is 32.3 Å². The Labute approximate surface area is 87.7 Å². The fourth-order valence-electron chi connectivity index (χ4n) is 1.59. The summed E-state index contributed by atoms with van der Waals surface area (Å²) in [6.07, 6.45) is 0. The molecule has 1 aromatic carbocycles. The molecule has 1 aromatic rings. The van der Waals surface area contributed by atoms with Gasteiger partial charge in [0.05, 0.1) is 0 Å². The summed E-state index contributed by atoms with van der Waals surface area (Å²) in [7, 11) is 0. The quantitative estimate of drug-likeness (QED) is 0.757. The molecule has 14 heavy (non-hydrogen) atoms. The van der Waals surface area contributed by atoms with Crippen LogP contribution in [0.2, 0.25) is 5.02 Å². The molecule has 1 aliphatic heterocycles. The number of halogens is 1. The van der Waals surface area contributed by atoms with Gasteiger partial charge in [0.2, 0.25) is 0 Å². The molecule has 0 saturated carbocycles. The molecular weight excluding hydrogens is 200 g/mol. The maximum Gasteiger partial charge on any atom is 0.322 e. The van der Waals surface area contributed by atoms with Crippen molar-refractivity contribution in [3.63, 3.8) is 0 Å². The zero-order chi connectivity index (χ0) is 10.1. The number of hydrogen-bond donors (Lipinski definition) is 1. The van der Waals surface area contributed by atoms with Gasteiger partial charge in [-0.1, -0.05) is 17.7 Å². The van der Waals surface area contributed by atoms with Crippen molar-refractivity contribution in [2.75, 3.05) is 18.0 Å². The zero-order valence-corrected chi connectivity index (χ0v) is 8.64. The second-order valence-electron chi connectivity index (χ2n) is 3.27. The second-order valence-corrected chi connectivity index (χ2v) is 3.67. The Hall–Kier alpha value is -1.22. The van der Waals surface area contributed by atoms with Crippen molar-refractivity contribution in [3.05, 3.63) is 28.8 Å². The molecule has 0 radical (unpaired) electrons. The number of carbonyl (C=O) groups excluding carboxylic acids is 1. The SMILES string of the molecule is Cc1c(Cl)cccc1N1CCNC1=O. The summed E-state index contributed by atoms with van der Waals surface area (Å²) in [5.41, 5.74) is 1.85. The van der Waals surface area contributed by atoms with E-state index in [4.69, 9.17) is 11.6 Å². The van der Waals surface area contributed by atoms with E-state index < -0.39 is 0 Å². The average molecular weight is 211 g/mol. The van der Waals surface area contributed by atoms with E-state index >= 15 is 0 Å². The summed E-state index contributed by atoms with van der Waals surface area (Å²) in [4.78, 5) is 13.1. The van der Waals surface area contributed by atoms with Crippen molar-refractivity contribution in [2.45, 2.75) is 6.92 Å². The first-order valence-corrected chi connectivity index (χ1v) is 4.88. The number of urea groups is 1. The van der Waals surface area contributed by atoms with Gasteiger partial charge >= 0.3 is 6.03 Å². The standard InChI is InChI=1S/C10H11ClN2O/c1-7-8(11)3-2-4-9(7)13-6-5-12-10(13)14/h2-4H,5-6H2,1H3,(H,12,14). The monoisotopic (exact) mass is 210 g/mol. The van der Waals surface area contributed by atoms with E-state index in [1.807, 2.05) is 25.1 Å². The van der Waals surface area contributed by atoms with Crippen molar-refractivity contribution in [1.82, 2.24) is 5.32 Å². The molecule has 1 aliphatic rings. The minimum Gasteiger partial charge on any atom is -0.336 e. The van der Waals surface area contributed by atoms with Crippen molar-refractivity contribution < 1.29 is 4.79 Å². The largest absolute Gasteiger partial charge is 0.336 e. The van der Waals surface area contributed by atoms with Crippen LogP contribution in [0.5, 0.6) is 0 Å². The van der Waals surface area contributed by atoms with Crippen LogP contribution in [0.15, 0.2) is 18.2 Å². The first-order chi connectivity index (χ1) is 6.70. The van der Waals surface area contributed by atoms with Crippen LogP contribution in [0.25, 0.3) is 0 Å². The molecule has 1 saturated heterocycles. The van der Waals surface area contributed by atoms with Crippen molar-refractivity contribution in [2.24, 2.45) is 0 Å². The van der Waals surface area contributed by atoms with Gasteiger partial charge in [-0.2, -0.15) is 0 Å². The molecule has 0 spiro atoms. The lowest BCUT2D eigenvalue weighted by Crippen LogP contribution is -2.28. The average Bonchev–Trinajstić information content (AvgIpc) is 2.57. The summed E-state index contributed by atoms with van der Waals surface area (Å²) in [5.74, 6) is 0. The van der Waals surface area contributed by atoms with E-state index in [2.05, 4.69) is 5.32 Å². The van der Waals surface area contributed by atoms with Gasteiger partial charge in [-0.15, -0.1) is 0 Å². The Balaban J connectivity index is 2.41. The third-order valence-corrected chi connectivity index (χ3v) is 2.80. The molecule has 0 unspecified atom stereocenters. The van der Waals surface area contributed by atoms with Crippen LogP contribution < -0.4 is 10.2 Å². The van der Waals surface area contributed by atoms with E-state index in [-0.39, 0.29) is 6.03 Å². The lowest BCUT2D eigenvalue weighted by Gasteiger charge is -2.17. The number of benzene rings is 1. The molecule has 0 aromatic heterocycles. The lowest BCUT2D eigenvalue weighted by molar-refractivity contribution is 0.252. The zero-order valence-electron chi connectivity index (χ0n) is 7.88. The van der Waals surface area contributed by atoms with Gasteiger partial charge in [-0.3, -0.25) is 4.90 Å². The third-order valence-electron chi connectivity index (χ3n) is 2.39. The highest BCUT2D eigenvalue weighted by atomic mass is 35.5. The number of nitrogens with zero attached hydrogens (tertiary/aromatic N) is 1. The molecule has 2 amide bonds. The van der Waals surface area contributed by atoms with Crippen LogP contribution in [0.3, 0.4) is 0 Å². The van der Waals surface area contributed by atoms with Gasteiger partial charge in [0, 0.05) is 23.8 Å². The van der Waals surface area contributed by atoms with Gasteiger partial charge in [0.1, 0.15) is 0 Å². The molecule has 0 aliphatic carbocycles. The van der Waals surface area contributed by atoms with Crippen LogP contribution in [0, 0.1) is 6.92 Å². The van der Waals surface area contributed by atoms with Crippen molar-refractivity contribution in [3.8, 4) is 0 Å². The number of rotatable bonds is 1. The summed E-state index contributed by atoms with van der Waals surface area (Å²) in [6, 6.07) is 5.55. The van der Waals surface area contributed by atoms with E-state index in [1.165, 1.54) is 0 Å². The van der Waals surface area contributed by atoms with Gasteiger partial charge in [-0.05, 0) is 24.6 Å². The summed E-state index contributed by atoms with van der Waals surface area (Å²) < 4.78 is 0. The molecule has 2 rings (SSSR count). The lowest BCUT2D eigenvalue weighted by atomic mass is 10.2. The summed E-state index contributed by atoms with van der Waals surface area (Å²) in [5, 5.41) is 3.46. The van der Waals surface area contributed by atoms with Crippen LogP contribution in [-0.4, -0.2) is 19.1 Å². The van der Waals surface area contributed by atoms with Crippen LogP contribution in [-0.2, 0) is 0 Å². The van der Waals surface area contributed by atoms with E-state index in [1.54, 1.807) is 4.90 Å². The molecule has 1 fully saturated rings. The maximum atomic E-state index is 11.4. The first-order valence-electron chi connectivity index (χ1n) is 4.50. The number of carbonyl (C=O) groups is 1. The fraction of sp³-hybridized carbons (Fsp3) is 0.300. The molecule has 1 N–H and O–H groups in total. The minimum absolute atomic E-state index is 0.0460. The smallest absolute Gasteiger partial charge is 0.322 e. The highest BCUT2D eigenvalue weighted by molar-refractivity contribution is 6.31. The van der Waals surface area contributed by atoms with Crippen LogP contribution in [0.4, 0.5) is 10.5 Å². The van der Waals surface area contributed by atoms with E-state index in [0.29, 0.717) is 18.1 Å². The minimum atomic E-state index is -0.0460. The Morgan fingerprint density at radius 2 is 2.29 bits per heavy atom. The third kappa shape index (κ3) is 1.44. The number of anilines is 1. The molecule has 74 valence electrons. The summed E-state index contributed by atoms with van der Waals surface area (Å²) >= 11 is 5.98. The predicted octanol–water partition coefficient (Wildman–Crippen LogP) is 2.18. The van der Waals surface area contributed by atoms with Crippen molar-refractivity contribution in [1.29, 1.82) is 0 Å². The Bertz CT molecular complexity index is 378. The Morgan fingerprint density at radius 1 is 1.50 bits per heavy atom. The Morgan fingerprint density at radius 3 is 2.93 bits per heavy atom. The number of hydrogen-bond acceptors (Lipinski definition) is 1. The van der Waals surface area contributed by atoms with Gasteiger partial charge < -0.3 is 5.32 Å². The summed E-state index contributed by atoms with van der Waals surface area (Å²) in [6.45, 7) is 3.33. The Kier molecular flexibility index (Phi) is 2.33. The second kappa shape index (κ2) is 3.50. The van der Waals surface area contributed by atoms with Gasteiger partial charge in [-0.25, -0.2) is 4.79 Å². The highest BCUT2D eigenvalue weighted by Gasteiger charge is 2.22.